The summed E-state index contributed by atoms with van der Waals surface area (Å²) < 4.78 is 19.9. The number of methoxy groups -OCH3 is 2. The van der Waals surface area contributed by atoms with Crippen molar-refractivity contribution in [2.24, 2.45) is 0 Å². The van der Waals surface area contributed by atoms with Gasteiger partial charge in [-0.3, -0.25) is 29.0 Å². The largest absolute Gasteiger partial charge is 0.469 e. The van der Waals surface area contributed by atoms with Gasteiger partial charge in [0, 0.05) is 58.8 Å². The summed E-state index contributed by atoms with van der Waals surface area (Å²) in [4.78, 5) is 52.8. The number of likely N-dealkylation sites (N-methyl/N-ethyl adjacent to an activating group) is 1. The van der Waals surface area contributed by atoms with E-state index in [1.54, 1.807) is 0 Å². The van der Waals surface area contributed by atoms with Gasteiger partial charge in [0.25, 0.3) is 6.47 Å². The standard InChI is InChI=1S/C23H44N4O6.C5H10O2/c1-7-25-12-10-24-11-13-26(18-21(29)33-23(2,3)4)15-17-27(16-14-25)19(22(30)32-6)8-9-20(28)31-5;1-5(2,3)7-4-6/h19,24H,7-18H2,1-6H3;4H,1-3H3. The molecule has 1 atom stereocenters. The summed E-state index contributed by atoms with van der Waals surface area (Å²) in [6, 6.07) is -0.558. The lowest BCUT2D eigenvalue weighted by atomic mass is 10.1. The lowest BCUT2D eigenvalue weighted by Gasteiger charge is -2.34. The number of carbonyl (C=O) groups is 4. The molecule has 0 bridgehead atoms. The van der Waals surface area contributed by atoms with E-state index in [0.717, 1.165) is 32.7 Å². The highest BCUT2D eigenvalue weighted by molar-refractivity contribution is 5.77. The fraction of sp³-hybridized carbons (Fsp3) is 0.857. The van der Waals surface area contributed by atoms with E-state index in [1.165, 1.54) is 14.2 Å². The van der Waals surface area contributed by atoms with Crippen LogP contribution in [0.1, 0.15) is 61.3 Å². The molecule has 1 aliphatic heterocycles. The first-order valence-corrected chi connectivity index (χ1v) is 14.0. The van der Waals surface area contributed by atoms with Crippen molar-refractivity contribution in [1.82, 2.24) is 20.0 Å². The van der Waals surface area contributed by atoms with Gasteiger partial charge in [0.1, 0.15) is 17.2 Å². The maximum absolute atomic E-state index is 12.6. The zero-order valence-corrected chi connectivity index (χ0v) is 26.2. The van der Waals surface area contributed by atoms with Crippen molar-refractivity contribution in [2.45, 2.75) is 78.6 Å². The van der Waals surface area contributed by atoms with Crippen molar-refractivity contribution >= 4 is 24.4 Å². The van der Waals surface area contributed by atoms with Gasteiger partial charge in [0.05, 0.1) is 20.8 Å². The van der Waals surface area contributed by atoms with Gasteiger partial charge in [-0.15, -0.1) is 0 Å². The molecule has 0 aromatic rings. The van der Waals surface area contributed by atoms with Crippen LogP contribution in [-0.4, -0.2) is 136 Å². The minimum Gasteiger partial charge on any atom is -0.469 e. The molecule has 1 unspecified atom stereocenters. The quantitative estimate of drug-likeness (QED) is 0.242. The van der Waals surface area contributed by atoms with Gasteiger partial charge in [0.15, 0.2) is 0 Å². The molecule has 1 aliphatic rings. The van der Waals surface area contributed by atoms with E-state index in [2.05, 4.69) is 26.8 Å². The van der Waals surface area contributed by atoms with E-state index in [0.29, 0.717) is 39.1 Å². The van der Waals surface area contributed by atoms with Gasteiger partial charge in [-0.25, -0.2) is 0 Å². The molecule has 0 aliphatic carbocycles. The molecule has 12 nitrogen and oxygen atoms in total. The minimum atomic E-state index is -0.558. The van der Waals surface area contributed by atoms with E-state index in [-0.39, 0.29) is 36.5 Å². The van der Waals surface area contributed by atoms with E-state index in [4.69, 9.17) is 14.2 Å². The van der Waals surface area contributed by atoms with Crippen LogP contribution in [0, 0.1) is 0 Å². The predicted molar refractivity (Wildman–Crippen MR) is 153 cm³/mol. The Labute approximate surface area is 241 Å². The molecule has 1 N–H and O–H groups in total. The van der Waals surface area contributed by atoms with Crippen LogP contribution < -0.4 is 5.32 Å². The first-order valence-electron chi connectivity index (χ1n) is 14.0. The Bertz CT molecular complexity index is 752. The van der Waals surface area contributed by atoms with Gasteiger partial charge >= 0.3 is 17.9 Å². The van der Waals surface area contributed by atoms with E-state index < -0.39 is 11.6 Å². The fourth-order valence-electron chi connectivity index (χ4n) is 3.90. The van der Waals surface area contributed by atoms with Crippen molar-refractivity contribution in [3.8, 4) is 0 Å². The van der Waals surface area contributed by atoms with E-state index in [1.807, 2.05) is 46.4 Å². The molecule has 0 radical (unpaired) electrons. The minimum absolute atomic E-state index is 0.135. The second kappa shape index (κ2) is 19.7. The molecule has 1 heterocycles. The highest BCUT2D eigenvalue weighted by Crippen LogP contribution is 2.12. The van der Waals surface area contributed by atoms with Crippen LogP contribution in [-0.2, 0) is 38.1 Å². The molecule has 1 saturated heterocycles. The Morgan fingerprint density at radius 3 is 1.85 bits per heavy atom. The third-order valence-electron chi connectivity index (χ3n) is 6.00. The van der Waals surface area contributed by atoms with Crippen LogP contribution in [0.3, 0.4) is 0 Å². The second-order valence-electron chi connectivity index (χ2n) is 11.6. The Balaban J connectivity index is 0.00000191. The predicted octanol–water partition coefficient (Wildman–Crippen LogP) is 1.31. The second-order valence-corrected chi connectivity index (χ2v) is 11.6. The molecule has 0 aromatic heterocycles. The van der Waals surface area contributed by atoms with Crippen molar-refractivity contribution in [1.29, 1.82) is 0 Å². The Hall–Kier alpha value is -2.28. The number of ether oxygens (including phenoxy) is 4. The number of hydrogen-bond acceptors (Lipinski definition) is 12. The average molecular weight is 575 g/mol. The Kier molecular flexibility index (Phi) is 18.6. The van der Waals surface area contributed by atoms with Crippen molar-refractivity contribution in [3.05, 3.63) is 0 Å². The van der Waals surface area contributed by atoms with Crippen LogP contribution in [0.5, 0.6) is 0 Å². The number of rotatable bonds is 9. The first-order chi connectivity index (χ1) is 18.6. The summed E-state index contributed by atoms with van der Waals surface area (Å²) in [6.45, 7) is 20.4. The summed E-state index contributed by atoms with van der Waals surface area (Å²) in [6.07, 6.45) is 0.453. The highest BCUT2D eigenvalue weighted by Gasteiger charge is 2.29. The molecule has 12 heteroatoms. The molecule has 0 aromatic carbocycles. The van der Waals surface area contributed by atoms with Gasteiger partial charge < -0.3 is 29.2 Å². The molecule has 0 saturated carbocycles. The van der Waals surface area contributed by atoms with Gasteiger partial charge in [-0.05, 0) is 54.5 Å². The molecule has 40 heavy (non-hydrogen) atoms. The lowest BCUT2D eigenvalue weighted by molar-refractivity contribution is -0.156. The Morgan fingerprint density at radius 2 is 1.40 bits per heavy atom. The van der Waals surface area contributed by atoms with Gasteiger partial charge in [-0.2, -0.15) is 0 Å². The number of esters is 3. The summed E-state index contributed by atoms with van der Waals surface area (Å²) >= 11 is 0. The number of nitrogens with one attached hydrogen (secondary N) is 1. The number of hydrogen-bond donors (Lipinski definition) is 1. The summed E-state index contributed by atoms with van der Waals surface area (Å²) in [5, 5.41) is 3.44. The molecular formula is C28H54N4O8. The zero-order chi connectivity index (χ0) is 30.8. The SMILES string of the molecule is CC(C)(C)OC=O.CCN1CCNCCN(CC(=O)OC(C)(C)C)CCN(C(CCC(=O)OC)C(=O)OC)CC1. The normalized spacial score (nSPS) is 17.6. The fourth-order valence-corrected chi connectivity index (χ4v) is 3.90. The number of carbonyl (C=O) groups excluding carboxylic acids is 4. The van der Waals surface area contributed by atoms with Crippen molar-refractivity contribution < 1.29 is 38.1 Å². The summed E-state index contributed by atoms with van der Waals surface area (Å²) in [7, 11) is 2.70. The van der Waals surface area contributed by atoms with Gasteiger partial charge in [0.2, 0.25) is 0 Å². The van der Waals surface area contributed by atoms with Crippen LogP contribution >= 0.6 is 0 Å². The third kappa shape index (κ3) is 18.9. The zero-order valence-electron chi connectivity index (χ0n) is 26.2. The van der Waals surface area contributed by atoms with Crippen LogP contribution in [0.4, 0.5) is 0 Å². The van der Waals surface area contributed by atoms with Crippen molar-refractivity contribution in [3.63, 3.8) is 0 Å². The maximum atomic E-state index is 12.6. The monoisotopic (exact) mass is 574 g/mol. The third-order valence-corrected chi connectivity index (χ3v) is 6.00. The van der Waals surface area contributed by atoms with Crippen LogP contribution in [0.2, 0.25) is 0 Å². The summed E-state index contributed by atoms with van der Waals surface area (Å²) in [5.74, 6) is -0.992. The highest BCUT2D eigenvalue weighted by atomic mass is 16.6. The van der Waals surface area contributed by atoms with Gasteiger partial charge in [-0.1, -0.05) is 6.92 Å². The smallest absolute Gasteiger partial charge is 0.323 e. The Morgan fingerprint density at radius 1 is 0.825 bits per heavy atom. The van der Waals surface area contributed by atoms with Crippen LogP contribution in [0.15, 0.2) is 0 Å². The summed E-state index contributed by atoms with van der Waals surface area (Å²) in [5.41, 5.74) is -0.858. The topological polar surface area (TPSA) is 127 Å². The molecule has 234 valence electrons. The maximum Gasteiger partial charge on any atom is 0.323 e. The van der Waals surface area contributed by atoms with E-state index in [9.17, 15) is 19.2 Å². The molecule has 0 spiro atoms. The molecule has 1 rings (SSSR count). The molecular weight excluding hydrogens is 520 g/mol. The first kappa shape index (κ1) is 37.7. The van der Waals surface area contributed by atoms with E-state index >= 15 is 0 Å². The van der Waals surface area contributed by atoms with Crippen LogP contribution in [0.25, 0.3) is 0 Å². The molecule has 0 amide bonds. The lowest BCUT2D eigenvalue weighted by Crippen LogP contribution is -2.51. The average Bonchev–Trinajstić information content (AvgIpc) is 2.84. The molecule has 1 fully saturated rings. The number of nitrogens with zero attached hydrogens (tertiary/aromatic N) is 3. The van der Waals surface area contributed by atoms with Crippen molar-refractivity contribution in [2.75, 3.05) is 79.7 Å².